The number of anilines is 3. The number of rotatable bonds is 7. The number of halogens is 3. The summed E-state index contributed by atoms with van der Waals surface area (Å²) < 4.78 is 45.6. The average Bonchev–Trinajstić information content (AvgIpc) is 2.68. The summed E-state index contributed by atoms with van der Waals surface area (Å²) in [7, 11) is 1.62. The Balaban J connectivity index is 1.70. The molecule has 0 aliphatic carbocycles. The van der Waals surface area contributed by atoms with Gasteiger partial charge in [-0.2, -0.15) is 4.98 Å². The van der Waals surface area contributed by atoms with Gasteiger partial charge in [-0.25, -0.2) is 18.2 Å². The third-order valence-corrected chi connectivity index (χ3v) is 4.03. The Bertz CT molecular complexity index is 982. The van der Waals surface area contributed by atoms with Crippen LogP contribution in [-0.4, -0.2) is 23.6 Å². The van der Waals surface area contributed by atoms with Gasteiger partial charge in [-0.05, 0) is 37.1 Å². The van der Waals surface area contributed by atoms with Crippen molar-refractivity contribution < 1.29 is 17.9 Å². The summed E-state index contributed by atoms with van der Waals surface area (Å²) in [5, 5.41) is 5.76. The van der Waals surface area contributed by atoms with Gasteiger partial charge in [0.15, 0.2) is 17.5 Å². The first-order chi connectivity index (χ1) is 13.5. The van der Waals surface area contributed by atoms with Crippen LogP contribution in [0, 0.1) is 24.4 Å². The van der Waals surface area contributed by atoms with Crippen LogP contribution in [0.15, 0.2) is 42.5 Å². The molecule has 3 rings (SSSR count). The molecule has 3 aromatic rings. The van der Waals surface area contributed by atoms with Crippen molar-refractivity contribution in [1.82, 2.24) is 9.97 Å². The summed E-state index contributed by atoms with van der Waals surface area (Å²) >= 11 is 0. The highest BCUT2D eigenvalue weighted by Gasteiger charge is 2.14. The molecule has 5 nitrogen and oxygen atoms in total. The van der Waals surface area contributed by atoms with E-state index < -0.39 is 17.5 Å². The lowest BCUT2D eigenvalue weighted by Gasteiger charge is -2.12. The summed E-state index contributed by atoms with van der Waals surface area (Å²) in [6, 6.07) is 11.4. The summed E-state index contributed by atoms with van der Waals surface area (Å²) in [5.41, 5.74) is 1.43. The zero-order valence-corrected chi connectivity index (χ0v) is 15.4. The van der Waals surface area contributed by atoms with Gasteiger partial charge in [0.2, 0.25) is 5.95 Å². The number of aryl methyl sites for hydroxylation is 1. The van der Waals surface area contributed by atoms with E-state index in [9.17, 15) is 13.2 Å². The van der Waals surface area contributed by atoms with E-state index in [1.165, 1.54) is 0 Å². The van der Waals surface area contributed by atoms with Gasteiger partial charge < -0.3 is 15.4 Å². The van der Waals surface area contributed by atoms with Gasteiger partial charge in [-0.15, -0.1) is 0 Å². The maximum Gasteiger partial charge on any atom is 0.229 e. The van der Waals surface area contributed by atoms with Crippen LogP contribution in [-0.2, 0) is 6.42 Å². The highest BCUT2D eigenvalue weighted by Crippen LogP contribution is 2.23. The molecule has 2 aromatic carbocycles. The Labute approximate surface area is 160 Å². The van der Waals surface area contributed by atoms with Crippen LogP contribution in [0.25, 0.3) is 0 Å². The lowest BCUT2D eigenvalue weighted by atomic mass is 10.1. The van der Waals surface area contributed by atoms with Gasteiger partial charge in [0.1, 0.15) is 11.6 Å². The maximum absolute atomic E-state index is 13.9. The highest BCUT2D eigenvalue weighted by molar-refractivity contribution is 5.56. The molecule has 0 spiro atoms. The normalized spacial score (nSPS) is 10.6. The van der Waals surface area contributed by atoms with E-state index in [-0.39, 0.29) is 11.6 Å². The number of methoxy groups -OCH3 is 1. The van der Waals surface area contributed by atoms with Crippen molar-refractivity contribution in [3.63, 3.8) is 0 Å². The lowest BCUT2D eigenvalue weighted by molar-refractivity contribution is 0.410. The summed E-state index contributed by atoms with van der Waals surface area (Å²) in [4.78, 5) is 8.40. The number of nitrogens with zero attached hydrogens (tertiary/aromatic N) is 2. The van der Waals surface area contributed by atoms with Gasteiger partial charge in [0.25, 0.3) is 0 Å². The molecule has 0 saturated carbocycles. The Morgan fingerprint density at radius 3 is 2.57 bits per heavy atom. The fourth-order valence-corrected chi connectivity index (χ4v) is 2.69. The molecule has 28 heavy (non-hydrogen) atoms. The number of hydrogen-bond acceptors (Lipinski definition) is 5. The second-order valence-corrected chi connectivity index (χ2v) is 6.05. The molecule has 0 fully saturated rings. The van der Waals surface area contributed by atoms with Crippen molar-refractivity contribution in [3.8, 4) is 5.75 Å². The van der Waals surface area contributed by atoms with Crippen molar-refractivity contribution in [1.29, 1.82) is 0 Å². The minimum Gasteiger partial charge on any atom is -0.496 e. The van der Waals surface area contributed by atoms with Crippen molar-refractivity contribution in [3.05, 3.63) is 71.2 Å². The molecule has 0 bridgehead atoms. The van der Waals surface area contributed by atoms with Crippen LogP contribution >= 0.6 is 0 Å². The van der Waals surface area contributed by atoms with Crippen LogP contribution in [0.2, 0.25) is 0 Å². The van der Waals surface area contributed by atoms with Crippen LogP contribution in [0.5, 0.6) is 5.75 Å². The summed E-state index contributed by atoms with van der Waals surface area (Å²) in [6.45, 7) is 2.33. The Morgan fingerprint density at radius 2 is 1.79 bits per heavy atom. The summed E-state index contributed by atoms with van der Waals surface area (Å²) in [5.74, 6) is -2.73. The first kappa shape index (κ1) is 19.5. The first-order valence-electron chi connectivity index (χ1n) is 8.60. The molecule has 8 heteroatoms. The van der Waals surface area contributed by atoms with Crippen LogP contribution < -0.4 is 15.4 Å². The first-order valence-corrected chi connectivity index (χ1v) is 8.60. The quantitative estimate of drug-likeness (QED) is 0.579. The Hall–Kier alpha value is -3.29. The molecule has 0 amide bonds. The van der Waals surface area contributed by atoms with Gasteiger partial charge in [0.05, 0.1) is 12.8 Å². The minimum absolute atomic E-state index is 0.0738. The maximum atomic E-state index is 13.9. The van der Waals surface area contributed by atoms with Crippen molar-refractivity contribution >= 4 is 17.5 Å². The molecule has 0 radical (unpaired) electrons. The van der Waals surface area contributed by atoms with E-state index in [2.05, 4.69) is 20.6 Å². The van der Waals surface area contributed by atoms with Crippen molar-refractivity contribution in [2.24, 2.45) is 0 Å². The van der Waals surface area contributed by atoms with Crippen LogP contribution in [0.3, 0.4) is 0 Å². The van der Waals surface area contributed by atoms with E-state index >= 15 is 0 Å². The lowest BCUT2D eigenvalue weighted by Crippen LogP contribution is -2.10. The molecule has 0 saturated heterocycles. The SMILES string of the molecule is COc1ccccc1CCNc1cc(C)nc(Nc2ccc(F)c(F)c2F)n1. The van der Waals surface area contributed by atoms with Crippen LogP contribution in [0.1, 0.15) is 11.3 Å². The van der Waals surface area contributed by atoms with Gasteiger partial charge in [-0.3, -0.25) is 0 Å². The monoisotopic (exact) mass is 388 g/mol. The molecule has 2 N–H and O–H groups in total. The zero-order chi connectivity index (χ0) is 20.1. The van der Waals surface area contributed by atoms with Gasteiger partial charge >= 0.3 is 0 Å². The average molecular weight is 388 g/mol. The standard InChI is InChI=1S/C20H19F3N4O/c1-12-11-17(24-10-9-13-5-3-4-6-16(13)28-2)27-20(25-12)26-15-8-7-14(21)18(22)19(15)23/h3-8,11H,9-10H2,1-2H3,(H2,24,25,26,27). The molecule has 0 aliphatic heterocycles. The minimum atomic E-state index is -1.55. The molecule has 146 valence electrons. The highest BCUT2D eigenvalue weighted by atomic mass is 19.2. The van der Waals surface area contributed by atoms with E-state index in [0.29, 0.717) is 24.5 Å². The summed E-state index contributed by atoms with van der Waals surface area (Å²) in [6.07, 6.45) is 0.702. The van der Waals surface area contributed by atoms with Gasteiger partial charge in [0, 0.05) is 18.3 Å². The fraction of sp³-hybridized carbons (Fsp3) is 0.200. The molecule has 0 unspecified atom stereocenters. The predicted octanol–water partition coefficient (Wildman–Crippen LogP) is 4.61. The molecule has 0 aliphatic rings. The number of hydrogen-bond donors (Lipinski definition) is 2. The van der Waals surface area contributed by atoms with E-state index in [0.717, 1.165) is 23.4 Å². The third-order valence-electron chi connectivity index (χ3n) is 4.03. The Morgan fingerprint density at radius 1 is 1.00 bits per heavy atom. The Kier molecular flexibility index (Phi) is 5.98. The molecular weight excluding hydrogens is 369 g/mol. The third kappa shape index (κ3) is 4.51. The van der Waals surface area contributed by atoms with Crippen LogP contribution in [0.4, 0.5) is 30.6 Å². The predicted molar refractivity (Wildman–Crippen MR) is 102 cm³/mol. The topological polar surface area (TPSA) is 59.1 Å². The fourth-order valence-electron chi connectivity index (χ4n) is 2.69. The van der Waals surface area contributed by atoms with Gasteiger partial charge in [-0.1, -0.05) is 18.2 Å². The number of para-hydroxylation sites is 1. The number of benzene rings is 2. The molecule has 0 atom stereocenters. The van der Waals surface area contributed by atoms with E-state index in [4.69, 9.17) is 4.74 Å². The second kappa shape index (κ2) is 8.60. The molecule has 1 heterocycles. The number of ether oxygens (including phenoxy) is 1. The largest absolute Gasteiger partial charge is 0.496 e. The number of aromatic nitrogens is 2. The van der Waals surface area contributed by atoms with E-state index in [1.807, 2.05) is 24.3 Å². The van der Waals surface area contributed by atoms with Crippen molar-refractivity contribution in [2.75, 3.05) is 24.3 Å². The smallest absolute Gasteiger partial charge is 0.229 e. The molecular formula is C20H19F3N4O. The molecule has 1 aromatic heterocycles. The zero-order valence-electron chi connectivity index (χ0n) is 15.4. The van der Waals surface area contributed by atoms with E-state index in [1.54, 1.807) is 20.1 Å². The number of nitrogens with one attached hydrogen (secondary N) is 2. The second-order valence-electron chi connectivity index (χ2n) is 6.05. The van der Waals surface area contributed by atoms with Crippen molar-refractivity contribution in [2.45, 2.75) is 13.3 Å².